The van der Waals surface area contributed by atoms with Crippen LogP contribution in [0.2, 0.25) is 0 Å². The van der Waals surface area contributed by atoms with E-state index < -0.39 is 5.60 Å². The molecule has 0 aliphatic heterocycles. The zero-order valence-electron chi connectivity index (χ0n) is 8.99. The van der Waals surface area contributed by atoms with Crippen molar-refractivity contribution in [1.82, 2.24) is 0 Å². The van der Waals surface area contributed by atoms with E-state index >= 15 is 0 Å². The van der Waals surface area contributed by atoms with Crippen molar-refractivity contribution < 1.29 is 4.43 Å². The molecule has 0 N–H and O–H groups in total. The van der Waals surface area contributed by atoms with Crippen LogP contribution in [-0.4, -0.2) is 16.1 Å². The van der Waals surface area contributed by atoms with Gasteiger partial charge in [0.15, 0.2) is 0 Å². The van der Waals surface area contributed by atoms with Crippen molar-refractivity contribution in [2.45, 2.75) is 44.1 Å². The highest BCUT2D eigenvalue weighted by atomic mass is 28.2. The van der Waals surface area contributed by atoms with Gasteiger partial charge in [0.2, 0.25) is 0 Å². The van der Waals surface area contributed by atoms with E-state index in [2.05, 4.69) is 18.2 Å². The molecule has 0 unspecified atom stereocenters. The van der Waals surface area contributed by atoms with Crippen LogP contribution in [0.1, 0.15) is 38.5 Å². The lowest BCUT2D eigenvalue weighted by Gasteiger charge is -2.31. The van der Waals surface area contributed by atoms with Crippen LogP contribution in [0.15, 0.2) is 0 Å². The van der Waals surface area contributed by atoms with E-state index in [0.717, 1.165) is 0 Å². The van der Waals surface area contributed by atoms with Crippen LogP contribution in [0, 0.1) is 34.0 Å². The van der Waals surface area contributed by atoms with E-state index in [1.54, 1.807) is 0 Å². The molecule has 0 saturated carbocycles. The molecule has 0 fully saturated rings. The SMILES string of the molecule is N#CCCC(CCC#N)(CCC#N)O[SiH3]. The van der Waals surface area contributed by atoms with Crippen molar-refractivity contribution in [2.24, 2.45) is 0 Å². The molecule has 5 heteroatoms. The Hall–Kier alpha value is -1.35. The van der Waals surface area contributed by atoms with Crippen molar-refractivity contribution in [2.75, 3.05) is 0 Å². The maximum atomic E-state index is 8.55. The molecule has 0 aromatic heterocycles. The second kappa shape index (κ2) is 8.00. The van der Waals surface area contributed by atoms with Crippen molar-refractivity contribution in [3.05, 3.63) is 0 Å². The van der Waals surface area contributed by atoms with Gasteiger partial charge in [0.1, 0.15) is 10.5 Å². The second-order valence-electron chi connectivity index (χ2n) is 3.36. The van der Waals surface area contributed by atoms with E-state index in [9.17, 15) is 0 Å². The van der Waals surface area contributed by atoms with E-state index in [1.165, 1.54) is 0 Å². The van der Waals surface area contributed by atoms with Crippen LogP contribution in [0.25, 0.3) is 0 Å². The minimum Gasteiger partial charge on any atom is -0.422 e. The maximum Gasteiger partial charge on any atom is 0.146 e. The largest absolute Gasteiger partial charge is 0.422 e. The number of nitrogens with zero attached hydrogens (tertiary/aromatic N) is 3. The minimum atomic E-state index is -0.409. The van der Waals surface area contributed by atoms with Crippen LogP contribution in [0.4, 0.5) is 0 Å². The highest BCUT2D eigenvalue weighted by molar-refractivity contribution is 5.98. The Kier molecular flexibility index (Phi) is 7.28. The standard InChI is InChI=1S/C10H15N3OSi/c11-7-1-4-10(14-15,5-2-8-12)6-3-9-13/h1-6H2,15H3. The molecular formula is C10H15N3OSi. The van der Waals surface area contributed by atoms with Crippen molar-refractivity contribution in [3.63, 3.8) is 0 Å². The lowest BCUT2D eigenvalue weighted by Crippen LogP contribution is -2.31. The number of nitriles is 3. The summed E-state index contributed by atoms with van der Waals surface area (Å²) in [6, 6.07) is 6.24. The van der Waals surface area contributed by atoms with Gasteiger partial charge in [-0.2, -0.15) is 15.8 Å². The lowest BCUT2D eigenvalue weighted by atomic mass is 9.88. The summed E-state index contributed by atoms with van der Waals surface area (Å²) in [5, 5.41) is 25.7. The minimum absolute atomic E-state index is 0.409. The van der Waals surface area contributed by atoms with Crippen LogP contribution in [0.3, 0.4) is 0 Å². The van der Waals surface area contributed by atoms with E-state index in [0.29, 0.717) is 49.0 Å². The first-order valence-electron chi connectivity index (χ1n) is 4.90. The molecule has 0 radical (unpaired) electrons. The fourth-order valence-electron chi connectivity index (χ4n) is 1.53. The van der Waals surface area contributed by atoms with Crippen molar-refractivity contribution >= 4 is 10.5 Å². The fourth-order valence-corrected chi connectivity index (χ4v) is 2.14. The summed E-state index contributed by atoms with van der Waals surface area (Å²) in [4.78, 5) is 0. The van der Waals surface area contributed by atoms with E-state index in [-0.39, 0.29) is 0 Å². The van der Waals surface area contributed by atoms with E-state index in [4.69, 9.17) is 20.2 Å². The third-order valence-electron chi connectivity index (χ3n) is 2.51. The Morgan fingerprint density at radius 3 is 1.40 bits per heavy atom. The summed E-state index contributed by atoms with van der Waals surface area (Å²) in [6.45, 7) is 0. The first kappa shape index (κ1) is 13.6. The average molecular weight is 221 g/mol. The van der Waals surface area contributed by atoms with Crippen LogP contribution < -0.4 is 0 Å². The monoisotopic (exact) mass is 221 g/mol. The third kappa shape index (κ3) is 5.17. The first-order chi connectivity index (χ1) is 7.24. The van der Waals surface area contributed by atoms with Gasteiger partial charge in [0, 0.05) is 19.3 Å². The molecule has 0 spiro atoms. The summed E-state index contributed by atoms with van der Waals surface area (Å²) >= 11 is 0. The first-order valence-corrected chi connectivity index (χ1v) is 5.72. The van der Waals surface area contributed by atoms with Crippen LogP contribution >= 0.6 is 0 Å². The van der Waals surface area contributed by atoms with Crippen molar-refractivity contribution in [1.29, 1.82) is 15.8 Å². The Bertz CT molecular complexity index is 252. The molecule has 0 rings (SSSR count). The van der Waals surface area contributed by atoms with Gasteiger partial charge in [0.05, 0.1) is 23.8 Å². The molecule has 0 aliphatic rings. The fraction of sp³-hybridized carbons (Fsp3) is 0.700. The van der Waals surface area contributed by atoms with E-state index in [1.807, 2.05) is 0 Å². The molecular weight excluding hydrogens is 206 g/mol. The van der Waals surface area contributed by atoms with Gasteiger partial charge in [-0.1, -0.05) is 0 Å². The molecule has 80 valence electrons. The molecule has 15 heavy (non-hydrogen) atoms. The van der Waals surface area contributed by atoms with Crippen LogP contribution in [0.5, 0.6) is 0 Å². The Balaban J connectivity index is 4.40. The third-order valence-corrected chi connectivity index (χ3v) is 3.38. The quantitative estimate of drug-likeness (QED) is 0.599. The maximum absolute atomic E-state index is 8.55. The van der Waals surface area contributed by atoms with Crippen LogP contribution in [-0.2, 0) is 4.43 Å². The summed E-state index contributed by atoms with van der Waals surface area (Å²) in [5.41, 5.74) is -0.409. The molecule has 4 nitrogen and oxygen atoms in total. The second-order valence-corrected chi connectivity index (χ2v) is 3.77. The Morgan fingerprint density at radius 2 is 1.20 bits per heavy atom. The normalized spacial score (nSPS) is 10.2. The number of rotatable bonds is 7. The zero-order chi connectivity index (χ0) is 11.6. The molecule has 0 amide bonds. The lowest BCUT2D eigenvalue weighted by molar-refractivity contribution is 0.0552. The molecule has 0 atom stereocenters. The summed E-state index contributed by atoms with van der Waals surface area (Å²) in [6.07, 6.45) is 3.11. The Morgan fingerprint density at radius 1 is 0.867 bits per heavy atom. The van der Waals surface area contributed by atoms with Gasteiger partial charge in [-0.25, -0.2) is 0 Å². The number of hydrogen-bond donors (Lipinski definition) is 0. The van der Waals surface area contributed by atoms with Gasteiger partial charge < -0.3 is 4.43 Å². The average Bonchev–Trinajstić information content (AvgIpc) is 2.29. The van der Waals surface area contributed by atoms with Gasteiger partial charge in [-0.3, -0.25) is 0 Å². The molecule has 0 aliphatic carbocycles. The molecule has 0 aromatic rings. The van der Waals surface area contributed by atoms with Gasteiger partial charge in [-0.05, 0) is 19.3 Å². The van der Waals surface area contributed by atoms with Gasteiger partial charge in [-0.15, -0.1) is 0 Å². The Labute approximate surface area is 93.6 Å². The molecule has 0 bridgehead atoms. The topological polar surface area (TPSA) is 80.6 Å². The predicted octanol–water partition coefficient (Wildman–Crippen LogP) is 0.934. The highest BCUT2D eigenvalue weighted by Gasteiger charge is 2.27. The summed E-state index contributed by atoms with van der Waals surface area (Å²) < 4.78 is 5.53. The highest BCUT2D eigenvalue weighted by Crippen LogP contribution is 2.28. The predicted molar refractivity (Wildman–Crippen MR) is 58.3 cm³/mol. The zero-order valence-corrected chi connectivity index (χ0v) is 11.0. The smallest absolute Gasteiger partial charge is 0.146 e. The van der Waals surface area contributed by atoms with Gasteiger partial charge >= 0.3 is 0 Å². The molecule has 0 heterocycles. The molecule has 0 saturated heterocycles. The van der Waals surface area contributed by atoms with Crippen molar-refractivity contribution in [3.8, 4) is 18.2 Å². The number of hydrogen-bond acceptors (Lipinski definition) is 4. The van der Waals surface area contributed by atoms with Gasteiger partial charge in [0.25, 0.3) is 0 Å². The molecule has 0 aromatic carbocycles. The summed E-state index contributed by atoms with van der Waals surface area (Å²) in [5.74, 6) is 0. The summed E-state index contributed by atoms with van der Waals surface area (Å²) in [7, 11) is 0.568.